The second-order valence-electron chi connectivity index (χ2n) is 18.1. The fourth-order valence-electron chi connectivity index (χ4n) is 7.84. The zero-order valence-corrected chi connectivity index (χ0v) is 40.9. The summed E-state index contributed by atoms with van der Waals surface area (Å²) in [6.45, 7) is 6.63. The molecule has 0 aromatic rings. The normalized spacial score (nSPS) is 12.1. The minimum atomic E-state index is -0.773. The lowest BCUT2D eigenvalue weighted by molar-refractivity contribution is -0.167. The molecule has 61 heavy (non-hydrogen) atoms. The molecule has 0 saturated carbocycles. The van der Waals surface area contributed by atoms with Gasteiger partial charge in [-0.15, -0.1) is 0 Å². The van der Waals surface area contributed by atoms with Gasteiger partial charge in [0.25, 0.3) is 0 Å². The van der Waals surface area contributed by atoms with Crippen molar-refractivity contribution in [1.82, 2.24) is 0 Å². The molecule has 0 radical (unpaired) electrons. The Kier molecular flexibility index (Phi) is 48.8. The molecule has 6 nitrogen and oxygen atoms in total. The maximum atomic E-state index is 12.8. The van der Waals surface area contributed by atoms with Gasteiger partial charge < -0.3 is 14.2 Å². The second kappa shape index (κ2) is 50.5. The summed E-state index contributed by atoms with van der Waals surface area (Å²) in [4.78, 5) is 37.9. The fourth-order valence-corrected chi connectivity index (χ4v) is 7.84. The first-order valence-electron chi connectivity index (χ1n) is 26.8. The molecular formula is C55H102O6. The number of hydrogen-bond acceptors (Lipinski definition) is 6. The van der Waals surface area contributed by atoms with Crippen molar-refractivity contribution in [2.24, 2.45) is 0 Å². The Morgan fingerprint density at radius 2 is 0.541 bits per heavy atom. The Bertz CT molecular complexity index is 989. The van der Waals surface area contributed by atoms with E-state index in [4.69, 9.17) is 14.2 Å². The van der Waals surface area contributed by atoms with Crippen molar-refractivity contribution in [2.75, 3.05) is 13.2 Å². The first-order chi connectivity index (χ1) is 30.0. The number of hydrogen-bond donors (Lipinski definition) is 0. The first kappa shape index (κ1) is 58.9. The largest absolute Gasteiger partial charge is 0.462 e. The van der Waals surface area contributed by atoms with E-state index < -0.39 is 6.10 Å². The SMILES string of the molecule is CCCCCCCCC/C=C\CCCCCCCC(=O)OC(COC(=O)CCCCCCC/C=C\CCCCCCCCCCC)COC(=O)CCCCCCCCCCC. The Balaban J connectivity index is 4.30. The summed E-state index contributed by atoms with van der Waals surface area (Å²) in [6.07, 6.45) is 57.4. The van der Waals surface area contributed by atoms with Gasteiger partial charge in [-0.05, 0) is 70.6 Å². The van der Waals surface area contributed by atoms with E-state index in [0.717, 1.165) is 70.6 Å². The maximum absolute atomic E-state index is 12.8. The van der Waals surface area contributed by atoms with Gasteiger partial charge in [0, 0.05) is 19.3 Å². The lowest BCUT2D eigenvalue weighted by Crippen LogP contribution is -2.30. The zero-order chi connectivity index (χ0) is 44.4. The number of esters is 3. The summed E-state index contributed by atoms with van der Waals surface area (Å²) in [6, 6.07) is 0. The van der Waals surface area contributed by atoms with Crippen molar-refractivity contribution in [1.29, 1.82) is 0 Å². The maximum Gasteiger partial charge on any atom is 0.306 e. The summed E-state index contributed by atoms with van der Waals surface area (Å²) in [5, 5.41) is 0. The monoisotopic (exact) mass is 859 g/mol. The molecule has 0 heterocycles. The molecule has 0 saturated heterocycles. The second-order valence-corrected chi connectivity index (χ2v) is 18.1. The summed E-state index contributed by atoms with van der Waals surface area (Å²) in [5.74, 6) is -0.880. The molecule has 0 aliphatic carbocycles. The molecule has 0 N–H and O–H groups in total. The van der Waals surface area contributed by atoms with Crippen LogP contribution in [0.25, 0.3) is 0 Å². The molecule has 358 valence electrons. The van der Waals surface area contributed by atoms with Crippen LogP contribution in [0.3, 0.4) is 0 Å². The standard InChI is InChI=1S/C55H102O6/c1-4-7-10-13-16-19-21-23-25-27-28-30-31-33-36-39-42-45-48-54(57)60-51-52(50-59-53(56)47-44-41-38-35-18-15-12-9-6-3)61-55(58)49-46-43-40-37-34-32-29-26-24-22-20-17-14-11-8-5-2/h26,28-30,52H,4-25,27,31-51H2,1-3H3/b29-26-,30-28-. The first-order valence-corrected chi connectivity index (χ1v) is 26.8. The number of rotatable bonds is 49. The summed E-state index contributed by atoms with van der Waals surface area (Å²) in [7, 11) is 0. The summed E-state index contributed by atoms with van der Waals surface area (Å²) in [5.41, 5.74) is 0. The summed E-state index contributed by atoms with van der Waals surface area (Å²) >= 11 is 0. The third-order valence-corrected chi connectivity index (χ3v) is 11.9. The quantitative estimate of drug-likeness (QED) is 0.0262. The van der Waals surface area contributed by atoms with Crippen LogP contribution in [0, 0.1) is 0 Å². The fraction of sp³-hybridized carbons (Fsp3) is 0.873. The van der Waals surface area contributed by atoms with Gasteiger partial charge >= 0.3 is 17.9 Å². The smallest absolute Gasteiger partial charge is 0.306 e. The molecular weight excluding hydrogens is 757 g/mol. The number of unbranched alkanes of at least 4 members (excludes halogenated alkanes) is 34. The van der Waals surface area contributed by atoms with Crippen molar-refractivity contribution < 1.29 is 28.6 Å². The third kappa shape index (κ3) is 48.8. The lowest BCUT2D eigenvalue weighted by Gasteiger charge is -2.18. The van der Waals surface area contributed by atoms with Gasteiger partial charge in [-0.3, -0.25) is 14.4 Å². The highest BCUT2D eigenvalue weighted by Gasteiger charge is 2.19. The van der Waals surface area contributed by atoms with E-state index in [1.54, 1.807) is 0 Å². The van der Waals surface area contributed by atoms with Crippen LogP contribution < -0.4 is 0 Å². The van der Waals surface area contributed by atoms with Crippen LogP contribution in [0.4, 0.5) is 0 Å². The lowest BCUT2D eigenvalue weighted by atomic mass is 10.1. The van der Waals surface area contributed by atoms with Gasteiger partial charge in [-0.25, -0.2) is 0 Å². The van der Waals surface area contributed by atoms with Crippen LogP contribution in [-0.4, -0.2) is 37.2 Å². The predicted molar refractivity (Wildman–Crippen MR) is 261 cm³/mol. The van der Waals surface area contributed by atoms with Gasteiger partial charge in [0.15, 0.2) is 6.10 Å². The van der Waals surface area contributed by atoms with E-state index >= 15 is 0 Å². The van der Waals surface area contributed by atoms with Crippen LogP contribution in [0.1, 0.15) is 290 Å². The van der Waals surface area contributed by atoms with Crippen molar-refractivity contribution in [3.8, 4) is 0 Å². The van der Waals surface area contributed by atoms with E-state index in [-0.39, 0.29) is 31.1 Å². The van der Waals surface area contributed by atoms with Gasteiger partial charge in [0.2, 0.25) is 0 Å². The van der Waals surface area contributed by atoms with Gasteiger partial charge in [0.05, 0.1) is 0 Å². The molecule has 0 aromatic heterocycles. The van der Waals surface area contributed by atoms with Crippen LogP contribution in [0.15, 0.2) is 24.3 Å². The highest BCUT2D eigenvalue weighted by atomic mass is 16.6. The van der Waals surface area contributed by atoms with Crippen molar-refractivity contribution in [2.45, 2.75) is 297 Å². The summed E-state index contributed by atoms with van der Waals surface area (Å²) < 4.78 is 16.8. The molecule has 0 rings (SSSR count). The van der Waals surface area contributed by atoms with Crippen molar-refractivity contribution in [3.63, 3.8) is 0 Å². The highest BCUT2D eigenvalue weighted by Crippen LogP contribution is 2.15. The van der Waals surface area contributed by atoms with Gasteiger partial charge in [-0.2, -0.15) is 0 Å². The Morgan fingerprint density at radius 3 is 0.820 bits per heavy atom. The zero-order valence-electron chi connectivity index (χ0n) is 40.9. The predicted octanol–water partition coefficient (Wildman–Crippen LogP) is 17.5. The highest BCUT2D eigenvalue weighted by molar-refractivity contribution is 5.71. The Morgan fingerprint density at radius 1 is 0.311 bits per heavy atom. The minimum absolute atomic E-state index is 0.0740. The van der Waals surface area contributed by atoms with E-state index in [2.05, 4.69) is 45.1 Å². The number of ether oxygens (including phenoxy) is 3. The number of allylic oxidation sites excluding steroid dienone is 4. The van der Waals surface area contributed by atoms with Crippen LogP contribution in [0.5, 0.6) is 0 Å². The number of carbonyl (C=O) groups is 3. The molecule has 0 bridgehead atoms. The Labute approximate surface area is 379 Å². The molecule has 0 spiro atoms. The topological polar surface area (TPSA) is 78.9 Å². The van der Waals surface area contributed by atoms with E-state index in [0.29, 0.717) is 19.3 Å². The van der Waals surface area contributed by atoms with Crippen LogP contribution >= 0.6 is 0 Å². The Hall–Kier alpha value is -2.11. The van der Waals surface area contributed by atoms with Crippen molar-refractivity contribution >= 4 is 17.9 Å². The molecule has 0 amide bonds. The van der Waals surface area contributed by atoms with Crippen LogP contribution in [0.2, 0.25) is 0 Å². The average molecular weight is 859 g/mol. The van der Waals surface area contributed by atoms with E-state index in [9.17, 15) is 14.4 Å². The third-order valence-electron chi connectivity index (χ3n) is 11.9. The molecule has 0 aromatic carbocycles. The number of carbonyl (C=O) groups excluding carboxylic acids is 3. The molecule has 1 unspecified atom stereocenters. The molecule has 0 fully saturated rings. The van der Waals surface area contributed by atoms with E-state index in [1.807, 2.05) is 0 Å². The van der Waals surface area contributed by atoms with Crippen LogP contribution in [-0.2, 0) is 28.6 Å². The molecule has 1 atom stereocenters. The molecule has 0 aliphatic rings. The van der Waals surface area contributed by atoms with E-state index in [1.165, 1.54) is 180 Å². The minimum Gasteiger partial charge on any atom is -0.462 e. The molecule has 0 aliphatic heterocycles. The van der Waals surface area contributed by atoms with Gasteiger partial charge in [-0.1, -0.05) is 225 Å². The average Bonchev–Trinajstić information content (AvgIpc) is 3.26. The van der Waals surface area contributed by atoms with Crippen molar-refractivity contribution in [3.05, 3.63) is 24.3 Å². The van der Waals surface area contributed by atoms with Gasteiger partial charge in [0.1, 0.15) is 13.2 Å². The molecule has 6 heteroatoms.